The average Bonchev–Trinajstić information content (AvgIpc) is 2.40. The van der Waals surface area contributed by atoms with Gasteiger partial charge in [0.15, 0.2) is 0 Å². The molecule has 0 saturated heterocycles. The molecule has 1 heteroatoms. The SMILES string of the molecule is CCc1cccc(-c2ccccc2CC=O)c1. The van der Waals surface area contributed by atoms with Crippen molar-refractivity contribution in [1.82, 2.24) is 0 Å². The molecule has 0 aliphatic carbocycles. The highest BCUT2D eigenvalue weighted by atomic mass is 16.1. The number of carbonyl (C=O) groups is 1. The zero-order valence-corrected chi connectivity index (χ0v) is 10.0. The van der Waals surface area contributed by atoms with Crippen LogP contribution in [0.15, 0.2) is 48.5 Å². The lowest BCUT2D eigenvalue weighted by Crippen LogP contribution is -1.91. The van der Waals surface area contributed by atoms with Crippen molar-refractivity contribution in [2.45, 2.75) is 19.8 Å². The van der Waals surface area contributed by atoms with E-state index in [1.165, 1.54) is 11.1 Å². The van der Waals surface area contributed by atoms with Gasteiger partial charge in [0.25, 0.3) is 0 Å². The third kappa shape index (κ3) is 2.62. The lowest BCUT2D eigenvalue weighted by molar-refractivity contribution is -0.107. The molecule has 86 valence electrons. The number of hydrogen-bond acceptors (Lipinski definition) is 1. The van der Waals surface area contributed by atoms with E-state index in [4.69, 9.17) is 0 Å². The second-order valence-electron chi connectivity index (χ2n) is 4.08. The minimum Gasteiger partial charge on any atom is -0.303 e. The van der Waals surface area contributed by atoms with Crippen molar-refractivity contribution in [1.29, 1.82) is 0 Å². The number of hydrogen-bond donors (Lipinski definition) is 0. The second kappa shape index (κ2) is 5.44. The van der Waals surface area contributed by atoms with Gasteiger partial charge in [-0.2, -0.15) is 0 Å². The first-order chi connectivity index (χ1) is 8.35. The van der Waals surface area contributed by atoms with Crippen LogP contribution in [0.2, 0.25) is 0 Å². The van der Waals surface area contributed by atoms with Gasteiger partial charge in [0, 0.05) is 6.42 Å². The van der Waals surface area contributed by atoms with E-state index < -0.39 is 0 Å². The molecule has 0 amide bonds. The summed E-state index contributed by atoms with van der Waals surface area (Å²) in [6, 6.07) is 16.6. The maximum absolute atomic E-state index is 10.7. The molecule has 0 saturated carbocycles. The van der Waals surface area contributed by atoms with Crippen molar-refractivity contribution in [2.24, 2.45) is 0 Å². The molecule has 1 nitrogen and oxygen atoms in total. The molecule has 0 heterocycles. The molecule has 0 unspecified atom stereocenters. The van der Waals surface area contributed by atoms with Crippen LogP contribution in [0.25, 0.3) is 11.1 Å². The fraction of sp³-hybridized carbons (Fsp3) is 0.188. The fourth-order valence-corrected chi connectivity index (χ4v) is 2.03. The average molecular weight is 224 g/mol. The van der Waals surface area contributed by atoms with Crippen LogP contribution >= 0.6 is 0 Å². The summed E-state index contributed by atoms with van der Waals surface area (Å²) in [6.07, 6.45) is 2.47. The molecule has 2 aromatic carbocycles. The monoisotopic (exact) mass is 224 g/mol. The number of aryl methyl sites for hydroxylation is 1. The topological polar surface area (TPSA) is 17.1 Å². The lowest BCUT2D eigenvalue weighted by atomic mass is 9.96. The van der Waals surface area contributed by atoms with E-state index in [-0.39, 0.29) is 0 Å². The molecule has 0 bridgehead atoms. The molecule has 0 aromatic heterocycles. The van der Waals surface area contributed by atoms with Gasteiger partial charge in [0.1, 0.15) is 6.29 Å². The summed E-state index contributed by atoms with van der Waals surface area (Å²) in [6.45, 7) is 2.15. The predicted molar refractivity (Wildman–Crippen MR) is 71.0 cm³/mol. The Labute approximate surface area is 102 Å². The molecule has 0 aliphatic heterocycles. The first-order valence-corrected chi connectivity index (χ1v) is 5.96. The predicted octanol–water partition coefficient (Wildman–Crippen LogP) is 3.66. The van der Waals surface area contributed by atoms with E-state index in [1.54, 1.807) is 0 Å². The summed E-state index contributed by atoms with van der Waals surface area (Å²) in [7, 11) is 0. The highest BCUT2D eigenvalue weighted by Gasteiger charge is 2.04. The van der Waals surface area contributed by atoms with Crippen LogP contribution in [0.5, 0.6) is 0 Å². The van der Waals surface area contributed by atoms with Gasteiger partial charge in [0.2, 0.25) is 0 Å². The summed E-state index contributed by atoms with van der Waals surface area (Å²) in [4.78, 5) is 10.7. The van der Waals surface area contributed by atoms with Crippen molar-refractivity contribution in [3.63, 3.8) is 0 Å². The molecule has 2 aromatic rings. The summed E-state index contributed by atoms with van der Waals surface area (Å²) < 4.78 is 0. The van der Waals surface area contributed by atoms with E-state index in [0.29, 0.717) is 6.42 Å². The van der Waals surface area contributed by atoms with E-state index in [2.05, 4.69) is 37.3 Å². The molecule has 0 fully saturated rings. The molecule has 2 rings (SSSR count). The number of aldehydes is 1. The smallest absolute Gasteiger partial charge is 0.124 e. The summed E-state index contributed by atoms with van der Waals surface area (Å²) in [5.41, 5.74) is 4.77. The minimum absolute atomic E-state index is 0.479. The van der Waals surface area contributed by atoms with Gasteiger partial charge < -0.3 is 4.79 Å². The quantitative estimate of drug-likeness (QED) is 0.724. The Kier molecular flexibility index (Phi) is 3.71. The maximum atomic E-state index is 10.7. The molecular formula is C16H16O. The number of carbonyl (C=O) groups excluding carboxylic acids is 1. The lowest BCUT2D eigenvalue weighted by Gasteiger charge is -2.08. The summed E-state index contributed by atoms with van der Waals surface area (Å²) in [5, 5.41) is 0. The Hall–Kier alpha value is -1.89. The molecule has 0 atom stereocenters. The first kappa shape index (κ1) is 11.6. The molecule has 0 N–H and O–H groups in total. The standard InChI is InChI=1S/C16H16O/c1-2-13-6-5-8-15(12-13)16-9-4-3-7-14(16)10-11-17/h3-9,11-12H,2,10H2,1H3. The highest BCUT2D eigenvalue weighted by Crippen LogP contribution is 2.24. The highest BCUT2D eigenvalue weighted by molar-refractivity contribution is 5.71. The van der Waals surface area contributed by atoms with Gasteiger partial charge in [-0.15, -0.1) is 0 Å². The molecule has 0 spiro atoms. The van der Waals surface area contributed by atoms with E-state index in [9.17, 15) is 4.79 Å². The third-order valence-electron chi connectivity index (χ3n) is 2.97. The van der Waals surface area contributed by atoms with Crippen molar-refractivity contribution in [2.75, 3.05) is 0 Å². The van der Waals surface area contributed by atoms with Gasteiger partial charge in [-0.1, -0.05) is 55.5 Å². The minimum atomic E-state index is 0.479. The summed E-state index contributed by atoms with van der Waals surface area (Å²) in [5.74, 6) is 0. The van der Waals surface area contributed by atoms with E-state index in [0.717, 1.165) is 23.8 Å². The zero-order valence-electron chi connectivity index (χ0n) is 10.0. The molecule has 0 aliphatic rings. The van der Waals surface area contributed by atoms with Crippen molar-refractivity contribution < 1.29 is 4.79 Å². The van der Waals surface area contributed by atoms with Crippen molar-refractivity contribution >= 4 is 6.29 Å². The van der Waals surface area contributed by atoms with Crippen LogP contribution in [0, 0.1) is 0 Å². The van der Waals surface area contributed by atoms with Crippen LogP contribution < -0.4 is 0 Å². The van der Waals surface area contributed by atoms with Crippen LogP contribution in [0.4, 0.5) is 0 Å². The Balaban J connectivity index is 2.47. The van der Waals surface area contributed by atoms with Gasteiger partial charge in [-0.05, 0) is 28.7 Å². The van der Waals surface area contributed by atoms with Gasteiger partial charge in [0.05, 0.1) is 0 Å². The van der Waals surface area contributed by atoms with Crippen LogP contribution in [0.1, 0.15) is 18.1 Å². The molecule has 17 heavy (non-hydrogen) atoms. The Bertz CT molecular complexity index is 514. The zero-order chi connectivity index (χ0) is 12.1. The largest absolute Gasteiger partial charge is 0.303 e. The van der Waals surface area contributed by atoms with E-state index in [1.807, 2.05) is 18.2 Å². The number of benzene rings is 2. The fourth-order valence-electron chi connectivity index (χ4n) is 2.03. The Morgan fingerprint density at radius 1 is 1.06 bits per heavy atom. The van der Waals surface area contributed by atoms with Crippen LogP contribution in [0.3, 0.4) is 0 Å². The Morgan fingerprint density at radius 3 is 2.65 bits per heavy atom. The molecular weight excluding hydrogens is 208 g/mol. The summed E-state index contributed by atoms with van der Waals surface area (Å²) >= 11 is 0. The normalized spacial score (nSPS) is 10.2. The second-order valence-corrected chi connectivity index (χ2v) is 4.08. The Morgan fingerprint density at radius 2 is 1.88 bits per heavy atom. The molecule has 0 radical (unpaired) electrons. The van der Waals surface area contributed by atoms with Gasteiger partial charge in [-0.3, -0.25) is 0 Å². The van der Waals surface area contributed by atoms with Crippen LogP contribution in [-0.4, -0.2) is 6.29 Å². The van der Waals surface area contributed by atoms with Crippen LogP contribution in [-0.2, 0) is 17.6 Å². The number of rotatable bonds is 4. The third-order valence-corrected chi connectivity index (χ3v) is 2.97. The van der Waals surface area contributed by atoms with E-state index >= 15 is 0 Å². The van der Waals surface area contributed by atoms with Gasteiger partial charge in [-0.25, -0.2) is 0 Å². The van der Waals surface area contributed by atoms with Crippen molar-refractivity contribution in [3.05, 3.63) is 59.7 Å². The maximum Gasteiger partial charge on any atom is 0.124 e. The first-order valence-electron chi connectivity index (χ1n) is 5.96. The van der Waals surface area contributed by atoms with Gasteiger partial charge >= 0.3 is 0 Å². The van der Waals surface area contributed by atoms with Crippen molar-refractivity contribution in [3.8, 4) is 11.1 Å².